The van der Waals surface area contributed by atoms with Crippen LogP contribution in [0.3, 0.4) is 0 Å². The Morgan fingerprint density at radius 1 is 1.28 bits per heavy atom. The lowest BCUT2D eigenvalue weighted by atomic mass is 9.78. The van der Waals surface area contributed by atoms with Gasteiger partial charge in [-0.1, -0.05) is 37.5 Å². The number of benzene rings is 1. The number of aliphatic hydroxyl groups is 1. The van der Waals surface area contributed by atoms with Crippen molar-refractivity contribution in [3.63, 3.8) is 0 Å². The van der Waals surface area contributed by atoms with Gasteiger partial charge < -0.3 is 9.84 Å². The van der Waals surface area contributed by atoms with Crippen molar-refractivity contribution in [2.24, 2.45) is 0 Å². The van der Waals surface area contributed by atoms with E-state index in [0.29, 0.717) is 12.2 Å². The summed E-state index contributed by atoms with van der Waals surface area (Å²) in [5.74, 6) is -0.352. The lowest BCUT2D eigenvalue weighted by Crippen LogP contribution is -2.41. The van der Waals surface area contributed by atoms with Crippen molar-refractivity contribution in [2.45, 2.75) is 50.7 Å². The fourth-order valence-corrected chi connectivity index (χ4v) is 2.91. The van der Waals surface area contributed by atoms with Crippen molar-refractivity contribution in [2.75, 3.05) is 6.61 Å². The van der Waals surface area contributed by atoms with E-state index >= 15 is 0 Å². The number of halogens is 1. The van der Waals surface area contributed by atoms with E-state index < -0.39 is 11.7 Å². The Labute approximate surface area is 108 Å². The highest BCUT2D eigenvalue weighted by atomic mass is 19.1. The number of hydrogen-bond donors (Lipinski definition) is 1. The Kier molecular flexibility index (Phi) is 4.36. The van der Waals surface area contributed by atoms with Crippen LogP contribution >= 0.6 is 0 Å². The van der Waals surface area contributed by atoms with Crippen LogP contribution in [0.1, 0.15) is 50.7 Å². The van der Waals surface area contributed by atoms with Crippen molar-refractivity contribution in [3.8, 4) is 0 Å². The van der Waals surface area contributed by atoms with Crippen LogP contribution in [0.4, 0.5) is 4.39 Å². The highest BCUT2D eigenvalue weighted by molar-refractivity contribution is 5.23. The molecule has 0 amide bonds. The van der Waals surface area contributed by atoms with Crippen LogP contribution < -0.4 is 0 Å². The normalized spacial score (nSPS) is 20.6. The average Bonchev–Trinajstić information content (AvgIpc) is 2.40. The zero-order chi connectivity index (χ0) is 13.0. The van der Waals surface area contributed by atoms with E-state index in [2.05, 4.69) is 0 Å². The van der Waals surface area contributed by atoms with E-state index in [1.165, 1.54) is 12.5 Å². The molecule has 1 atom stereocenters. The van der Waals surface area contributed by atoms with Crippen LogP contribution in [-0.2, 0) is 4.74 Å². The van der Waals surface area contributed by atoms with E-state index in [-0.39, 0.29) is 5.82 Å². The third-order valence-electron chi connectivity index (χ3n) is 3.83. The Balaban J connectivity index is 2.28. The van der Waals surface area contributed by atoms with Crippen molar-refractivity contribution in [3.05, 3.63) is 35.6 Å². The smallest absolute Gasteiger partial charge is 0.129 e. The molecule has 2 nitrogen and oxygen atoms in total. The Morgan fingerprint density at radius 3 is 2.56 bits per heavy atom. The molecule has 0 radical (unpaired) electrons. The van der Waals surface area contributed by atoms with E-state index in [1.807, 2.05) is 6.92 Å². The third kappa shape index (κ3) is 2.57. The summed E-state index contributed by atoms with van der Waals surface area (Å²) in [5, 5.41) is 10.5. The summed E-state index contributed by atoms with van der Waals surface area (Å²) in [6.45, 7) is 2.47. The maximum Gasteiger partial charge on any atom is 0.129 e. The van der Waals surface area contributed by atoms with Crippen LogP contribution in [0.15, 0.2) is 24.3 Å². The molecule has 0 spiro atoms. The fraction of sp³-hybridized carbons (Fsp3) is 0.600. The molecule has 1 aromatic carbocycles. The third-order valence-corrected chi connectivity index (χ3v) is 3.83. The van der Waals surface area contributed by atoms with E-state index in [1.54, 1.807) is 18.2 Å². The van der Waals surface area contributed by atoms with Crippen molar-refractivity contribution in [1.29, 1.82) is 0 Å². The monoisotopic (exact) mass is 252 g/mol. The van der Waals surface area contributed by atoms with Gasteiger partial charge in [0.25, 0.3) is 0 Å². The zero-order valence-corrected chi connectivity index (χ0v) is 10.9. The minimum atomic E-state index is -0.876. The average molecular weight is 252 g/mol. The lowest BCUT2D eigenvalue weighted by Gasteiger charge is -2.41. The Hall–Kier alpha value is -0.930. The quantitative estimate of drug-likeness (QED) is 0.887. The molecular weight excluding hydrogens is 231 g/mol. The molecule has 1 aliphatic rings. The molecule has 1 aromatic rings. The number of hydrogen-bond acceptors (Lipinski definition) is 2. The van der Waals surface area contributed by atoms with E-state index in [4.69, 9.17) is 4.74 Å². The summed E-state index contributed by atoms with van der Waals surface area (Å²) in [6, 6.07) is 6.43. The van der Waals surface area contributed by atoms with Crippen molar-refractivity contribution < 1.29 is 14.2 Å². The molecular formula is C15H21FO2. The SMILES string of the molecule is CCOC1(C(O)c2ccccc2F)CCCCC1. The molecule has 0 aromatic heterocycles. The molecule has 1 aliphatic carbocycles. The summed E-state index contributed by atoms with van der Waals surface area (Å²) in [7, 11) is 0. The van der Waals surface area contributed by atoms with Gasteiger partial charge >= 0.3 is 0 Å². The van der Waals surface area contributed by atoms with Gasteiger partial charge in [-0.3, -0.25) is 0 Å². The van der Waals surface area contributed by atoms with E-state index in [9.17, 15) is 9.50 Å². The van der Waals surface area contributed by atoms with Crippen LogP contribution in [-0.4, -0.2) is 17.3 Å². The van der Waals surface area contributed by atoms with E-state index in [0.717, 1.165) is 25.7 Å². The highest BCUT2D eigenvalue weighted by Crippen LogP contribution is 2.42. The largest absolute Gasteiger partial charge is 0.385 e. The molecule has 0 saturated heterocycles. The molecule has 2 rings (SSSR count). The Bertz CT molecular complexity index is 380. The van der Waals surface area contributed by atoms with Crippen molar-refractivity contribution in [1.82, 2.24) is 0 Å². The maximum atomic E-state index is 13.8. The lowest BCUT2D eigenvalue weighted by molar-refractivity contribution is -0.142. The first kappa shape index (κ1) is 13.5. The molecule has 0 heterocycles. The molecule has 0 bridgehead atoms. The second-order valence-corrected chi connectivity index (χ2v) is 4.98. The number of ether oxygens (including phenoxy) is 1. The second kappa shape index (κ2) is 5.81. The summed E-state index contributed by atoms with van der Waals surface area (Å²) >= 11 is 0. The fourth-order valence-electron chi connectivity index (χ4n) is 2.91. The molecule has 0 aliphatic heterocycles. The zero-order valence-electron chi connectivity index (χ0n) is 10.9. The highest BCUT2D eigenvalue weighted by Gasteiger charge is 2.41. The van der Waals surface area contributed by atoms with Gasteiger partial charge in [0.2, 0.25) is 0 Å². The molecule has 3 heteroatoms. The summed E-state index contributed by atoms with van der Waals surface area (Å²) in [5.41, 5.74) is -0.247. The minimum absolute atomic E-state index is 0.352. The number of rotatable bonds is 4. The van der Waals surface area contributed by atoms with Gasteiger partial charge in [0.05, 0.1) is 5.60 Å². The van der Waals surface area contributed by atoms with Crippen molar-refractivity contribution >= 4 is 0 Å². The molecule has 1 N–H and O–H groups in total. The van der Waals surface area contributed by atoms with Crippen LogP contribution in [0.25, 0.3) is 0 Å². The van der Waals surface area contributed by atoms with Crippen LogP contribution in [0.5, 0.6) is 0 Å². The first-order chi connectivity index (χ1) is 8.69. The first-order valence-electron chi connectivity index (χ1n) is 6.76. The van der Waals surface area contributed by atoms with Crippen LogP contribution in [0.2, 0.25) is 0 Å². The Morgan fingerprint density at radius 2 is 1.94 bits per heavy atom. The molecule has 1 saturated carbocycles. The molecule has 1 unspecified atom stereocenters. The summed E-state index contributed by atoms with van der Waals surface area (Å²) in [6.07, 6.45) is 3.96. The molecule has 1 fully saturated rings. The first-order valence-corrected chi connectivity index (χ1v) is 6.76. The summed E-state index contributed by atoms with van der Waals surface area (Å²) in [4.78, 5) is 0. The second-order valence-electron chi connectivity index (χ2n) is 4.98. The molecule has 100 valence electrons. The van der Waals surface area contributed by atoms with Crippen LogP contribution in [0, 0.1) is 5.82 Å². The molecule has 18 heavy (non-hydrogen) atoms. The number of aliphatic hydroxyl groups excluding tert-OH is 1. The van der Waals surface area contributed by atoms with Gasteiger partial charge in [0.15, 0.2) is 0 Å². The minimum Gasteiger partial charge on any atom is -0.385 e. The van der Waals surface area contributed by atoms with Gasteiger partial charge in [-0.15, -0.1) is 0 Å². The predicted octanol–water partition coefficient (Wildman–Crippen LogP) is 3.60. The summed E-state index contributed by atoms with van der Waals surface area (Å²) < 4.78 is 19.6. The topological polar surface area (TPSA) is 29.5 Å². The van der Waals surface area contributed by atoms with Gasteiger partial charge in [-0.2, -0.15) is 0 Å². The van der Waals surface area contributed by atoms with Gasteiger partial charge in [0.1, 0.15) is 11.9 Å². The maximum absolute atomic E-state index is 13.8. The predicted molar refractivity (Wildman–Crippen MR) is 68.8 cm³/mol. The van der Waals surface area contributed by atoms with Gasteiger partial charge in [-0.25, -0.2) is 4.39 Å². The van der Waals surface area contributed by atoms with Gasteiger partial charge in [0, 0.05) is 12.2 Å². The standard InChI is InChI=1S/C15H21FO2/c1-2-18-15(10-6-3-7-11-15)14(17)12-8-4-5-9-13(12)16/h4-5,8-9,14,17H,2-3,6-7,10-11H2,1H3. The van der Waals surface area contributed by atoms with Gasteiger partial charge in [-0.05, 0) is 25.8 Å².